The van der Waals surface area contributed by atoms with E-state index in [1.165, 1.54) is 6.20 Å². The topological polar surface area (TPSA) is 92.4 Å². The number of nitrogens with zero attached hydrogens (tertiary/aromatic N) is 2. The van der Waals surface area contributed by atoms with Crippen LogP contribution in [0.3, 0.4) is 0 Å². The number of aromatic nitrogens is 2. The summed E-state index contributed by atoms with van der Waals surface area (Å²) in [6.07, 6.45) is -2.63. The first-order valence-corrected chi connectivity index (χ1v) is 12.4. The average molecular weight is 511 g/mol. The van der Waals surface area contributed by atoms with Crippen LogP contribution in [0.5, 0.6) is 11.5 Å². The van der Waals surface area contributed by atoms with Gasteiger partial charge in [0.1, 0.15) is 23.0 Å². The van der Waals surface area contributed by atoms with Gasteiger partial charge in [0.2, 0.25) is 15.0 Å². The van der Waals surface area contributed by atoms with Crippen LogP contribution in [0.1, 0.15) is 40.5 Å². The molecular weight excluding hydrogens is 490 g/mol. The molecule has 0 radical (unpaired) electrons. The Hall–Kier alpha value is -3.41. The minimum atomic E-state index is -4.79. The minimum Gasteiger partial charge on any atom is -0.457 e. The predicted molar refractivity (Wildman–Crippen MR) is 117 cm³/mol. The first kappa shape index (κ1) is 24.7. The van der Waals surface area contributed by atoms with Crippen LogP contribution in [-0.4, -0.2) is 41.5 Å². The van der Waals surface area contributed by atoms with Gasteiger partial charge in [-0.2, -0.15) is 13.2 Å². The fraction of sp³-hybridized carbons (Fsp3) is 0.304. The van der Waals surface area contributed by atoms with Crippen LogP contribution in [0.25, 0.3) is 0 Å². The highest BCUT2D eigenvalue weighted by Crippen LogP contribution is 2.34. The van der Waals surface area contributed by atoms with Gasteiger partial charge in [0.15, 0.2) is 0 Å². The van der Waals surface area contributed by atoms with E-state index < -0.39 is 33.3 Å². The summed E-state index contributed by atoms with van der Waals surface area (Å²) in [5.41, 5.74) is 0.330. The Morgan fingerprint density at radius 2 is 1.86 bits per heavy atom. The standard InChI is InChI=1S/C23H21F4N3O4S/c1-2-9-35(32,33)22-28-12-20(29-22)21(31)30-8-7-14-10-16(4-3-15(14)13-30)34-17-5-6-18(19(24)11-17)23(25,26)27/h3-6,10-12H,2,7-9,13H2,1H3,(H,28,29). The van der Waals surface area contributed by atoms with Crippen molar-refractivity contribution < 1.29 is 35.5 Å². The molecule has 1 amide bonds. The molecule has 2 aromatic carbocycles. The Balaban J connectivity index is 1.45. The maximum Gasteiger partial charge on any atom is 0.419 e. The van der Waals surface area contributed by atoms with Gasteiger partial charge in [-0.25, -0.2) is 17.8 Å². The lowest BCUT2D eigenvalue weighted by molar-refractivity contribution is -0.140. The summed E-state index contributed by atoms with van der Waals surface area (Å²) in [7, 11) is -3.58. The van der Waals surface area contributed by atoms with E-state index >= 15 is 0 Å². The number of imidazole rings is 1. The number of hydrogen-bond acceptors (Lipinski definition) is 5. The molecule has 35 heavy (non-hydrogen) atoms. The monoisotopic (exact) mass is 511 g/mol. The predicted octanol–water partition coefficient (Wildman–Crippen LogP) is 4.74. The number of ether oxygens (including phenoxy) is 1. The molecular formula is C23H21F4N3O4S. The SMILES string of the molecule is CCCS(=O)(=O)c1nc(C(=O)N2CCc3cc(Oc4ccc(C(F)(F)F)c(F)c4)ccc3C2)c[nH]1. The number of carbonyl (C=O) groups excluding carboxylic acids is 1. The van der Waals surface area contributed by atoms with Crippen molar-refractivity contribution in [3.8, 4) is 11.5 Å². The number of sulfone groups is 1. The number of nitrogens with one attached hydrogen (secondary N) is 1. The van der Waals surface area contributed by atoms with E-state index in [4.69, 9.17) is 4.74 Å². The number of aromatic amines is 1. The van der Waals surface area contributed by atoms with E-state index in [0.29, 0.717) is 37.3 Å². The van der Waals surface area contributed by atoms with Crippen molar-refractivity contribution in [1.29, 1.82) is 0 Å². The first-order chi connectivity index (χ1) is 16.5. The fourth-order valence-electron chi connectivity index (χ4n) is 3.79. The molecule has 1 aliphatic rings. The van der Waals surface area contributed by atoms with Crippen LogP contribution in [0.2, 0.25) is 0 Å². The van der Waals surface area contributed by atoms with Gasteiger partial charge in [-0.1, -0.05) is 13.0 Å². The summed E-state index contributed by atoms with van der Waals surface area (Å²) >= 11 is 0. The van der Waals surface area contributed by atoms with E-state index in [9.17, 15) is 30.8 Å². The number of carbonyl (C=O) groups is 1. The van der Waals surface area contributed by atoms with Gasteiger partial charge in [0.25, 0.3) is 5.91 Å². The number of rotatable bonds is 6. The number of fused-ring (bicyclic) bond motifs is 1. The van der Waals surface area contributed by atoms with Gasteiger partial charge < -0.3 is 14.6 Å². The van der Waals surface area contributed by atoms with Crippen molar-refractivity contribution in [2.75, 3.05) is 12.3 Å². The number of amides is 1. The van der Waals surface area contributed by atoms with Gasteiger partial charge >= 0.3 is 6.18 Å². The molecule has 0 aliphatic carbocycles. The van der Waals surface area contributed by atoms with Crippen molar-refractivity contribution in [1.82, 2.24) is 14.9 Å². The number of alkyl halides is 3. The molecule has 1 aliphatic heterocycles. The second-order valence-electron chi connectivity index (χ2n) is 8.06. The molecule has 0 bridgehead atoms. The molecule has 0 fully saturated rings. The Labute approximate surface area is 198 Å². The molecule has 0 saturated heterocycles. The molecule has 3 aromatic rings. The summed E-state index contributed by atoms with van der Waals surface area (Å²) < 4.78 is 81.8. The van der Waals surface area contributed by atoms with Gasteiger partial charge in [0.05, 0.1) is 11.3 Å². The maximum absolute atomic E-state index is 13.8. The lowest BCUT2D eigenvalue weighted by atomic mass is 9.99. The van der Waals surface area contributed by atoms with Crippen molar-refractivity contribution in [3.05, 3.63) is 70.8 Å². The largest absolute Gasteiger partial charge is 0.457 e. The Morgan fingerprint density at radius 1 is 1.14 bits per heavy atom. The summed E-state index contributed by atoms with van der Waals surface area (Å²) in [5.74, 6) is -1.66. The zero-order valence-corrected chi connectivity index (χ0v) is 19.3. The highest BCUT2D eigenvalue weighted by Gasteiger charge is 2.34. The lowest BCUT2D eigenvalue weighted by Gasteiger charge is -2.28. The first-order valence-electron chi connectivity index (χ1n) is 10.7. The van der Waals surface area contributed by atoms with Gasteiger partial charge in [-0.05, 0) is 48.2 Å². The second-order valence-corrected chi connectivity index (χ2v) is 10.1. The zero-order chi connectivity index (χ0) is 25.4. The van der Waals surface area contributed by atoms with Crippen molar-refractivity contribution in [2.24, 2.45) is 0 Å². The summed E-state index contributed by atoms with van der Waals surface area (Å²) in [4.78, 5) is 20.9. The highest BCUT2D eigenvalue weighted by atomic mass is 32.2. The Kier molecular flexibility index (Phi) is 6.58. The van der Waals surface area contributed by atoms with Crippen LogP contribution in [0.4, 0.5) is 17.6 Å². The van der Waals surface area contributed by atoms with Crippen LogP contribution < -0.4 is 4.74 Å². The molecule has 0 saturated carbocycles. The van der Waals surface area contributed by atoms with Crippen LogP contribution >= 0.6 is 0 Å². The molecule has 2 heterocycles. The highest BCUT2D eigenvalue weighted by molar-refractivity contribution is 7.91. The number of H-pyrrole nitrogens is 1. The number of benzene rings is 2. The lowest BCUT2D eigenvalue weighted by Crippen LogP contribution is -2.36. The molecule has 0 unspecified atom stereocenters. The number of halogens is 4. The van der Waals surface area contributed by atoms with Gasteiger partial charge in [-0.3, -0.25) is 4.79 Å². The van der Waals surface area contributed by atoms with E-state index in [2.05, 4.69) is 9.97 Å². The molecule has 1 N–H and O–H groups in total. The van der Waals surface area contributed by atoms with E-state index in [0.717, 1.165) is 17.2 Å². The molecule has 4 rings (SSSR count). The van der Waals surface area contributed by atoms with Crippen molar-refractivity contribution >= 4 is 15.7 Å². The maximum atomic E-state index is 13.8. The molecule has 0 spiro atoms. The summed E-state index contributed by atoms with van der Waals surface area (Å²) in [5, 5.41) is -0.235. The summed E-state index contributed by atoms with van der Waals surface area (Å²) in [6.45, 7) is 2.33. The third-order valence-electron chi connectivity index (χ3n) is 5.50. The third kappa shape index (κ3) is 5.31. The van der Waals surface area contributed by atoms with Gasteiger partial charge in [0, 0.05) is 25.4 Å². The molecule has 7 nitrogen and oxygen atoms in total. The normalized spacial score (nSPS) is 14.0. The Morgan fingerprint density at radius 3 is 2.54 bits per heavy atom. The summed E-state index contributed by atoms with van der Waals surface area (Å²) in [6, 6.07) is 7.34. The smallest absolute Gasteiger partial charge is 0.419 e. The Bertz CT molecular complexity index is 1370. The van der Waals surface area contributed by atoms with Crippen LogP contribution in [0.15, 0.2) is 47.8 Å². The van der Waals surface area contributed by atoms with Gasteiger partial charge in [-0.15, -0.1) is 0 Å². The van der Waals surface area contributed by atoms with E-state index in [1.807, 2.05) is 0 Å². The van der Waals surface area contributed by atoms with Crippen molar-refractivity contribution in [3.63, 3.8) is 0 Å². The van der Waals surface area contributed by atoms with Crippen LogP contribution in [0, 0.1) is 5.82 Å². The molecule has 12 heteroatoms. The minimum absolute atomic E-state index is 0.00686. The zero-order valence-electron chi connectivity index (χ0n) is 18.5. The molecule has 1 aromatic heterocycles. The quantitative estimate of drug-likeness (QED) is 0.483. The number of hydrogen-bond donors (Lipinski definition) is 1. The van der Waals surface area contributed by atoms with E-state index in [-0.39, 0.29) is 28.9 Å². The molecule has 186 valence electrons. The third-order valence-corrected chi connectivity index (χ3v) is 7.24. The molecule has 0 atom stereocenters. The average Bonchev–Trinajstić information content (AvgIpc) is 3.29. The fourth-order valence-corrected chi connectivity index (χ4v) is 5.00. The second kappa shape index (κ2) is 9.33. The van der Waals surface area contributed by atoms with Crippen LogP contribution in [-0.2, 0) is 29.0 Å². The van der Waals surface area contributed by atoms with Crippen molar-refractivity contribution in [2.45, 2.75) is 37.6 Å². The van der Waals surface area contributed by atoms with E-state index in [1.54, 1.807) is 30.0 Å².